The molecule has 10 heavy (non-hydrogen) atoms. The SMILES string of the molecule is CCCCN(O)C(C)O.Cl. The van der Waals surface area contributed by atoms with Crippen LogP contribution in [-0.4, -0.2) is 28.1 Å². The van der Waals surface area contributed by atoms with E-state index in [1.807, 2.05) is 6.92 Å². The van der Waals surface area contributed by atoms with Gasteiger partial charge in [-0.15, -0.1) is 12.4 Å². The van der Waals surface area contributed by atoms with E-state index < -0.39 is 6.23 Å². The molecule has 0 saturated carbocycles. The molecule has 0 spiro atoms. The molecule has 0 aromatic rings. The molecule has 0 aromatic heterocycles. The van der Waals surface area contributed by atoms with Crippen LogP contribution in [0.2, 0.25) is 0 Å². The summed E-state index contributed by atoms with van der Waals surface area (Å²) in [4.78, 5) is 0. The summed E-state index contributed by atoms with van der Waals surface area (Å²) < 4.78 is 0. The minimum atomic E-state index is -0.739. The molecular weight excluding hydrogens is 154 g/mol. The van der Waals surface area contributed by atoms with Crippen molar-refractivity contribution < 1.29 is 10.3 Å². The molecule has 0 aliphatic heterocycles. The Morgan fingerprint density at radius 3 is 2.30 bits per heavy atom. The molecule has 0 aromatic carbocycles. The Morgan fingerprint density at radius 2 is 2.00 bits per heavy atom. The summed E-state index contributed by atoms with van der Waals surface area (Å²) in [5, 5.41) is 18.5. The summed E-state index contributed by atoms with van der Waals surface area (Å²) in [5.74, 6) is 0. The van der Waals surface area contributed by atoms with Gasteiger partial charge in [-0.2, -0.15) is 5.06 Å². The van der Waals surface area contributed by atoms with Crippen LogP contribution in [0.5, 0.6) is 0 Å². The van der Waals surface area contributed by atoms with Crippen LogP contribution < -0.4 is 0 Å². The molecule has 0 aliphatic carbocycles. The molecular formula is C6H16ClNO2. The summed E-state index contributed by atoms with van der Waals surface area (Å²) in [7, 11) is 0. The molecule has 1 unspecified atom stereocenters. The van der Waals surface area contributed by atoms with Crippen molar-refractivity contribution in [3.8, 4) is 0 Å². The van der Waals surface area contributed by atoms with Crippen LogP contribution in [0.15, 0.2) is 0 Å². The number of unbranched alkanes of at least 4 members (excludes halogenated alkanes) is 1. The van der Waals surface area contributed by atoms with E-state index >= 15 is 0 Å². The van der Waals surface area contributed by atoms with Crippen LogP contribution >= 0.6 is 12.4 Å². The number of aliphatic hydroxyl groups excluding tert-OH is 1. The maximum Gasteiger partial charge on any atom is 0.126 e. The van der Waals surface area contributed by atoms with E-state index in [4.69, 9.17) is 10.3 Å². The molecule has 0 radical (unpaired) electrons. The molecule has 0 rings (SSSR count). The highest BCUT2D eigenvalue weighted by molar-refractivity contribution is 5.85. The summed E-state index contributed by atoms with van der Waals surface area (Å²) in [6.07, 6.45) is 1.21. The van der Waals surface area contributed by atoms with Gasteiger partial charge in [-0.3, -0.25) is 0 Å². The van der Waals surface area contributed by atoms with Gasteiger partial charge >= 0.3 is 0 Å². The lowest BCUT2D eigenvalue weighted by molar-refractivity contribution is -0.188. The van der Waals surface area contributed by atoms with Gasteiger partial charge < -0.3 is 10.3 Å². The average molecular weight is 170 g/mol. The molecule has 0 amide bonds. The lowest BCUT2D eigenvalue weighted by atomic mass is 10.3. The second-order valence-corrected chi connectivity index (χ2v) is 2.15. The van der Waals surface area contributed by atoms with Crippen molar-refractivity contribution in [3.63, 3.8) is 0 Å². The van der Waals surface area contributed by atoms with Crippen molar-refractivity contribution in [2.24, 2.45) is 0 Å². The summed E-state index contributed by atoms with van der Waals surface area (Å²) >= 11 is 0. The fraction of sp³-hybridized carbons (Fsp3) is 1.00. The van der Waals surface area contributed by atoms with Gasteiger partial charge in [0.25, 0.3) is 0 Å². The van der Waals surface area contributed by atoms with Gasteiger partial charge in [0.05, 0.1) is 0 Å². The van der Waals surface area contributed by atoms with E-state index in [0.717, 1.165) is 17.9 Å². The van der Waals surface area contributed by atoms with Crippen molar-refractivity contribution >= 4 is 12.4 Å². The zero-order valence-electron chi connectivity index (χ0n) is 6.45. The minimum Gasteiger partial charge on any atom is -0.377 e. The van der Waals surface area contributed by atoms with Crippen molar-refractivity contribution in [2.75, 3.05) is 6.54 Å². The molecule has 2 N–H and O–H groups in total. The van der Waals surface area contributed by atoms with Gasteiger partial charge in [-0.1, -0.05) is 13.3 Å². The normalized spacial score (nSPS) is 12.9. The molecule has 0 saturated heterocycles. The Kier molecular flexibility index (Phi) is 9.33. The Bertz CT molecular complexity index is 70.8. The molecule has 0 fully saturated rings. The van der Waals surface area contributed by atoms with E-state index in [9.17, 15) is 0 Å². The van der Waals surface area contributed by atoms with Gasteiger partial charge in [0, 0.05) is 6.54 Å². The zero-order chi connectivity index (χ0) is 7.28. The van der Waals surface area contributed by atoms with Crippen molar-refractivity contribution in [3.05, 3.63) is 0 Å². The Morgan fingerprint density at radius 1 is 1.50 bits per heavy atom. The summed E-state index contributed by atoms with van der Waals surface area (Å²) in [6.45, 7) is 4.12. The van der Waals surface area contributed by atoms with Crippen LogP contribution in [0.3, 0.4) is 0 Å². The molecule has 0 heterocycles. The lowest BCUT2D eigenvalue weighted by Crippen LogP contribution is -2.29. The molecule has 4 heteroatoms. The Labute approximate surface area is 68.0 Å². The predicted molar refractivity (Wildman–Crippen MR) is 42.3 cm³/mol. The first kappa shape index (κ1) is 12.8. The van der Waals surface area contributed by atoms with Gasteiger partial charge in [-0.25, -0.2) is 0 Å². The van der Waals surface area contributed by atoms with E-state index in [2.05, 4.69) is 0 Å². The average Bonchev–Trinajstić information content (AvgIpc) is 1.82. The van der Waals surface area contributed by atoms with Crippen LogP contribution in [0, 0.1) is 0 Å². The number of aliphatic hydroxyl groups is 1. The number of hydrogen-bond donors (Lipinski definition) is 2. The third-order valence-corrected chi connectivity index (χ3v) is 1.17. The zero-order valence-corrected chi connectivity index (χ0v) is 7.27. The van der Waals surface area contributed by atoms with Gasteiger partial charge in [-0.05, 0) is 13.3 Å². The van der Waals surface area contributed by atoms with E-state index in [1.165, 1.54) is 6.92 Å². The van der Waals surface area contributed by atoms with Crippen molar-refractivity contribution in [1.82, 2.24) is 5.06 Å². The molecule has 64 valence electrons. The second kappa shape index (κ2) is 7.28. The van der Waals surface area contributed by atoms with E-state index in [-0.39, 0.29) is 12.4 Å². The summed E-state index contributed by atoms with van der Waals surface area (Å²) in [6, 6.07) is 0. The third kappa shape index (κ3) is 6.29. The number of nitrogens with zero attached hydrogens (tertiary/aromatic N) is 1. The van der Waals surface area contributed by atoms with Crippen LogP contribution in [-0.2, 0) is 0 Å². The maximum absolute atomic E-state index is 8.84. The lowest BCUT2D eigenvalue weighted by Gasteiger charge is -2.16. The monoisotopic (exact) mass is 169 g/mol. The highest BCUT2D eigenvalue weighted by Crippen LogP contribution is 1.93. The second-order valence-electron chi connectivity index (χ2n) is 2.15. The van der Waals surface area contributed by atoms with Crippen LogP contribution in [0.25, 0.3) is 0 Å². The quantitative estimate of drug-likeness (QED) is 0.492. The highest BCUT2D eigenvalue weighted by Gasteiger charge is 2.03. The van der Waals surface area contributed by atoms with E-state index in [0.29, 0.717) is 6.54 Å². The highest BCUT2D eigenvalue weighted by atomic mass is 35.5. The third-order valence-electron chi connectivity index (χ3n) is 1.17. The fourth-order valence-electron chi connectivity index (χ4n) is 0.507. The number of hydroxylamine groups is 2. The van der Waals surface area contributed by atoms with Crippen LogP contribution in [0.4, 0.5) is 0 Å². The van der Waals surface area contributed by atoms with Crippen molar-refractivity contribution in [2.45, 2.75) is 32.9 Å². The van der Waals surface area contributed by atoms with Gasteiger partial charge in [0.2, 0.25) is 0 Å². The van der Waals surface area contributed by atoms with Crippen LogP contribution in [0.1, 0.15) is 26.7 Å². The molecule has 0 bridgehead atoms. The fourth-order valence-corrected chi connectivity index (χ4v) is 0.507. The first-order valence-electron chi connectivity index (χ1n) is 3.32. The number of halogens is 1. The predicted octanol–water partition coefficient (Wildman–Crippen LogP) is 1.24. The van der Waals surface area contributed by atoms with E-state index in [1.54, 1.807) is 0 Å². The van der Waals surface area contributed by atoms with Gasteiger partial charge in [0.1, 0.15) is 6.23 Å². The molecule has 0 aliphatic rings. The largest absolute Gasteiger partial charge is 0.377 e. The number of rotatable bonds is 4. The molecule has 1 atom stereocenters. The maximum atomic E-state index is 8.84. The number of hydrogen-bond acceptors (Lipinski definition) is 3. The Hall–Kier alpha value is 0.170. The minimum absolute atomic E-state index is 0. The topological polar surface area (TPSA) is 43.7 Å². The summed E-state index contributed by atoms with van der Waals surface area (Å²) in [5.41, 5.74) is 0. The standard InChI is InChI=1S/C6H15NO2.ClH/c1-3-4-5-7(9)6(2)8;/h6,8-9H,3-5H2,1-2H3;1H. The molecule has 3 nitrogen and oxygen atoms in total. The van der Waals surface area contributed by atoms with Crippen molar-refractivity contribution in [1.29, 1.82) is 0 Å². The Balaban J connectivity index is 0. The first-order chi connectivity index (χ1) is 4.18. The smallest absolute Gasteiger partial charge is 0.126 e. The van der Waals surface area contributed by atoms with Gasteiger partial charge in [0.15, 0.2) is 0 Å². The first-order valence-corrected chi connectivity index (χ1v) is 3.32.